The molecule has 11 nitrogen and oxygen atoms in total. The second kappa shape index (κ2) is 13.0. The monoisotopic (exact) mass is 499 g/mol. The van der Waals surface area contributed by atoms with Crippen molar-refractivity contribution in [3.8, 4) is 11.8 Å². The van der Waals surface area contributed by atoms with Gasteiger partial charge in [-0.1, -0.05) is 25.5 Å². The minimum Gasteiger partial charge on any atom is -0.463 e. The first kappa shape index (κ1) is 27.2. The van der Waals surface area contributed by atoms with Crippen LogP contribution in [-0.2, 0) is 17.9 Å². The van der Waals surface area contributed by atoms with Crippen molar-refractivity contribution in [2.24, 2.45) is 0 Å². The maximum Gasteiger partial charge on any atom is 0.327 e. The van der Waals surface area contributed by atoms with E-state index in [1.165, 1.54) is 6.92 Å². The fraction of sp³-hybridized carbons (Fsp3) is 0.520. The molecule has 0 radical (unpaired) electrons. The lowest BCUT2D eigenvalue weighted by molar-refractivity contribution is -0.131. The number of H-pyrrole nitrogens is 1. The van der Waals surface area contributed by atoms with Crippen molar-refractivity contribution in [3.63, 3.8) is 0 Å². The number of aromatic amines is 1. The molecule has 1 aromatic carbocycles. The average molecular weight is 500 g/mol. The number of carbonyl (C=O) groups excluding carboxylic acids is 1. The summed E-state index contributed by atoms with van der Waals surface area (Å²) in [5, 5.41) is 3.58. The molecule has 2 aromatic heterocycles. The maximum atomic E-state index is 12.6. The predicted octanol–water partition coefficient (Wildman–Crippen LogP) is 2.31. The summed E-state index contributed by atoms with van der Waals surface area (Å²) in [6, 6.07) is 7.85. The molecule has 1 unspecified atom stereocenters. The van der Waals surface area contributed by atoms with Crippen molar-refractivity contribution in [2.75, 3.05) is 33.0 Å². The Morgan fingerprint density at radius 2 is 2.08 bits per heavy atom. The first-order valence-electron chi connectivity index (χ1n) is 12.3. The van der Waals surface area contributed by atoms with Crippen molar-refractivity contribution in [2.45, 2.75) is 58.7 Å². The SMILES string of the molecule is CCCCOc1nc(N)c2[nH]c(=O)n(CCCC(CN(C)C)NCc3cccc(OC(C)=O)c3)c2n1. The molecular formula is C25H37N7O4. The number of fused-ring (bicyclic) bond motifs is 1. The summed E-state index contributed by atoms with van der Waals surface area (Å²) in [5.74, 6) is 0.388. The molecule has 0 bridgehead atoms. The van der Waals surface area contributed by atoms with Gasteiger partial charge in [0, 0.05) is 32.6 Å². The molecular weight excluding hydrogens is 462 g/mol. The third-order valence-electron chi connectivity index (χ3n) is 5.63. The number of hydrogen-bond donors (Lipinski definition) is 3. The summed E-state index contributed by atoms with van der Waals surface area (Å²) in [7, 11) is 4.06. The van der Waals surface area contributed by atoms with E-state index in [4.69, 9.17) is 15.2 Å². The zero-order valence-corrected chi connectivity index (χ0v) is 21.5. The van der Waals surface area contributed by atoms with Crippen molar-refractivity contribution < 1.29 is 14.3 Å². The second-order valence-electron chi connectivity index (χ2n) is 9.10. The Hall–Kier alpha value is -3.44. The molecule has 4 N–H and O–H groups in total. The van der Waals surface area contributed by atoms with Gasteiger partial charge in [0.15, 0.2) is 11.5 Å². The standard InChI is InChI=1S/C25H37N7O4/c1-5-6-13-35-24-29-22(26)21-23(30-24)32(25(34)28-21)12-8-10-19(16-31(3)4)27-15-18-9-7-11-20(14-18)36-17(2)33/h7,9,11,14,19,27H,5-6,8,10,12-13,15-16H2,1-4H3,(H,28,34)(H2,26,29,30). The number of imidazole rings is 1. The number of hydrogen-bond acceptors (Lipinski definition) is 9. The van der Waals surface area contributed by atoms with Crippen LogP contribution in [0.3, 0.4) is 0 Å². The number of nitrogens with two attached hydrogens (primary N) is 1. The molecule has 0 fully saturated rings. The average Bonchev–Trinajstić information content (AvgIpc) is 3.13. The highest BCUT2D eigenvalue weighted by molar-refractivity contribution is 5.81. The molecule has 3 rings (SSSR count). The van der Waals surface area contributed by atoms with E-state index < -0.39 is 0 Å². The smallest absolute Gasteiger partial charge is 0.327 e. The van der Waals surface area contributed by atoms with Gasteiger partial charge < -0.3 is 30.4 Å². The minimum absolute atomic E-state index is 0.185. The van der Waals surface area contributed by atoms with Gasteiger partial charge >= 0.3 is 17.7 Å². The van der Waals surface area contributed by atoms with Gasteiger partial charge in [0.25, 0.3) is 0 Å². The molecule has 196 valence electrons. The number of rotatable bonds is 14. The fourth-order valence-electron chi connectivity index (χ4n) is 3.95. The van der Waals surface area contributed by atoms with Crippen LogP contribution < -0.4 is 26.2 Å². The number of likely N-dealkylation sites (N-methyl/N-ethyl adjacent to an activating group) is 1. The van der Waals surface area contributed by atoms with Crippen LogP contribution in [0.15, 0.2) is 29.1 Å². The van der Waals surface area contributed by atoms with Crippen LogP contribution in [0.25, 0.3) is 11.2 Å². The highest BCUT2D eigenvalue weighted by atomic mass is 16.5. The molecule has 2 heterocycles. The van der Waals surface area contributed by atoms with Crippen LogP contribution in [-0.4, -0.2) is 63.7 Å². The van der Waals surface area contributed by atoms with Gasteiger partial charge in [-0.05, 0) is 51.1 Å². The molecule has 0 aliphatic carbocycles. The van der Waals surface area contributed by atoms with E-state index in [-0.39, 0.29) is 29.5 Å². The first-order chi connectivity index (χ1) is 17.3. The first-order valence-corrected chi connectivity index (χ1v) is 12.3. The van der Waals surface area contributed by atoms with E-state index in [0.717, 1.165) is 37.8 Å². The molecule has 0 spiro atoms. The Labute approximate surface area is 211 Å². The molecule has 0 saturated carbocycles. The molecule has 0 amide bonds. The Morgan fingerprint density at radius 3 is 2.81 bits per heavy atom. The lowest BCUT2D eigenvalue weighted by Crippen LogP contribution is -2.38. The van der Waals surface area contributed by atoms with Crippen LogP contribution in [0.1, 0.15) is 45.1 Å². The number of nitrogen functional groups attached to an aromatic ring is 1. The van der Waals surface area contributed by atoms with Crippen LogP contribution in [0.5, 0.6) is 11.8 Å². The van der Waals surface area contributed by atoms with Gasteiger partial charge in [-0.3, -0.25) is 9.36 Å². The van der Waals surface area contributed by atoms with Gasteiger partial charge in [-0.15, -0.1) is 0 Å². The van der Waals surface area contributed by atoms with Crippen LogP contribution >= 0.6 is 0 Å². The zero-order valence-electron chi connectivity index (χ0n) is 21.5. The summed E-state index contributed by atoms with van der Waals surface area (Å²) >= 11 is 0. The van der Waals surface area contributed by atoms with Crippen molar-refractivity contribution >= 4 is 23.0 Å². The quantitative estimate of drug-likeness (QED) is 0.173. The normalized spacial score (nSPS) is 12.2. The molecule has 0 aliphatic heterocycles. The minimum atomic E-state index is -0.343. The van der Waals surface area contributed by atoms with E-state index in [2.05, 4.69) is 32.1 Å². The molecule has 11 heteroatoms. The molecule has 1 atom stereocenters. The van der Waals surface area contributed by atoms with Gasteiger partial charge in [0.2, 0.25) is 0 Å². The number of anilines is 1. The van der Waals surface area contributed by atoms with Gasteiger partial charge in [0.05, 0.1) is 6.61 Å². The Balaban J connectivity index is 1.65. The van der Waals surface area contributed by atoms with Gasteiger partial charge in [0.1, 0.15) is 11.3 Å². The number of esters is 1. The summed E-state index contributed by atoms with van der Waals surface area (Å²) in [6.45, 7) is 5.90. The molecule has 36 heavy (non-hydrogen) atoms. The van der Waals surface area contributed by atoms with Crippen LogP contribution in [0.4, 0.5) is 5.82 Å². The van der Waals surface area contributed by atoms with Gasteiger partial charge in [-0.25, -0.2) is 4.79 Å². The third kappa shape index (κ3) is 7.79. The number of unbranched alkanes of at least 4 members (excludes halogenated alkanes) is 1. The highest BCUT2D eigenvalue weighted by Gasteiger charge is 2.16. The zero-order chi connectivity index (χ0) is 26.1. The van der Waals surface area contributed by atoms with Gasteiger partial charge in [-0.2, -0.15) is 9.97 Å². The maximum absolute atomic E-state index is 12.6. The second-order valence-corrected chi connectivity index (χ2v) is 9.10. The largest absolute Gasteiger partial charge is 0.463 e. The molecule has 0 aliphatic rings. The van der Waals surface area contributed by atoms with E-state index in [1.807, 2.05) is 32.3 Å². The number of benzene rings is 1. The summed E-state index contributed by atoms with van der Waals surface area (Å²) in [4.78, 5) is 37.3. The fourth-order valence-corrected chi connectivity index (χ4v) is 3.95. The topological polar surface area (TPSA) is 140 Å². The molecule has 0 saturated heterocycles. The van der Waals surface area contributed by atoms with Crippen LogP contribution in [0, 0.1) is 0 Å². The Morgan fingerprint density at radius 1 is 1.28 bits per heavy atom. The predicted molar refractivity (Wildman–Crippen MR) is 139 cm³/mol. The van der Waals surface area contributed by atoms with E-state index in [9.17, 15) is 9.59 Å². The number of carbonyl (C=O) groups is 1. The summed E-state index contributed by atoms with van der Waals surface area (Å²) in [5.41, 5.74) is 7.69. The van der Waals surface area contributed by atoms with Crippen molar-refractivity contribution in [1.29, 1.82) is 0 Å². The Kier molecular flexibility index (Phi) is 9.83. The lowest BCUT2D eigenvalue weighted by Gasteiger charge is -2.23. The van der Waals surface area contributed by atoms with E-state index in [1.54, 1.807) is 10.6 Å². The van der Waals surface area contributed by atoms with Crippen molar-refractivity contribution in [1.82, 2.24) is 29.7 Å². The molecule has 3 aromatic rings. The van der Waals surface area contributed by atoms with E-state index in [0.29, 0.717) is 36.6 Å². The number of nitrogens with zero attached hydrogens (tertiary/aromatic N) is 4. The van der Waals surface area contributed by atoms with Crippen molar-refractivity contribution in [3.05, 3.63) is 40.3 Å². The third-order valence-corrected chi connectivity index (χ3v) is 5.63. The number of aromatic nitrogens is 4. The number of aryl methyl sites for hydroxylation is 1. The number of nitrogens with one attached hydrogen (secondary N) is 2. The summed E-state index contributed by atoms with van der Waals surface area (Å²) in [6.07, 6.45) is 3.46. The number of ether oxygens (including phenoxy) is 2. The Bertz CT molecular complexity index is 1200. The lowest BCUT2D eigenvalue weighted by atomic mass is 10.1. The van der Waals surface area contributed by atoms with E-state index >= 15 is 0 Å². The highest BCUT2D eigenvalue weighted by Crippen LogP contribution is 2.19. The van der Waals surface area contributed by atoms with Crippen LogP contribution in [0.2, 0.25) is 0 Å². The summed E-state index contributed by atoms with van der Waals surface area (Å²) < 4.78 is 12.4.